The van der Waals surface area contributed by atoms with Crippen LogP contribution in [0.1, 0.15) is 44.1 Å². The predicted molar refractivity (Wildman–Crippen MR) is 119 cm³/mol. The van der Waals surface area contributed by atoms with Gasteiger partial charge in [-0.15, -0.1) is 0 Å². The summed E-state index contributed by atoms with van der Waals surface area (Å²) in [6.45, 7) is 4.00. The van der Waals surface area contributed by atoms with E-state index >= 15 is 0 Å². The number of urea groups is 1. The number of amides is 2. The first-order valence-corrected chi connectivity index (χ1v) is 11.8. The van der Waals surface area contributed by atoms with E-state index in [9.17, 15) is 4.79 Å². The number of nitrogens with one attached hydrogen (secondary N) is 1. The number of benzene rings is 1. The van der Waals surface area contributed by atoms with E-state index in [1.807, 2.05) is 12.1 Å². The number of hydrogen-bond acceptors (Lipinski definition) is 3. The molecule has 1 aromatic rings. The van der Waals surface area contributed by atoms with Crippen molar-refractivity contribution in [3.05, 3.63) is 41.5 Å². The predicted octanol–water partition coefficient (Wildman–Crippen LogP) is 3.84. The van der Waals surface area contributed by atoms with Gasteiger partial charge in [0.15, 0.2) is 0 Å². The molecule has 2 unspecified atom stereocenters. The second-order valence-electron chi connectivity index (χ2n) is 9.53. The minimum absolute atomic E-state index is 0.123. The molecule has 5 heteroatoms. The summed E-state index contributed by atoms with van der Waals surface area (Å²) in [7, 11) is 1.68. The second kappa shape index (κ2) is 8.62. The van der Waals surface area contributed by atoms with Crippen molar-refractivity contribution in [2.45, 2.75) is 57.0 Å². The third-order valence-corrected chi connectivity index (χ3v) is 7.77. The number of nitrogens with zero attached hydrogens (tertiary/aromatic N) is 2. The molecule has 5 rings (SSSR count). The lowest BCUT2D eigenvalue weighted by Crippen LogP contribution is -2.61. The molecular weight excluding hydrogens is 374 g/mol. The number of carbonyl (C=O) groups is 1. The Kier molecular flexibility index (Phi) is 5.72. The molecule has 162 valence electrons. The number of carbonyl (C=O) groups excluding carboxylic acids is 1. The van der Waals surface area contributed by atoms with E-state index in [1.165, 1.54) is 50.8 Å². The molecule has 3 aliphatic heterocycles. The Labute approximate surface area is 180 Å². The van der Waals surface area contributed by atoms with Crippen molar-refractivity contribution in [1.29, 1.82) is 0 Å². The van der Waals surface area contributed by atoms with Gasteiger partial charge in [0.2, 0.25) is 0 Å². The second-order valence-corrected chi connectivity index (χ2v) is 9.53. The summed E-state index contributed by atoms with van der Waals surface area (Å²) in [6.07, 6.45) is 11.1. The van der Waals surface area contributed by atoms with Crippen LogP contribution in [0.3, 0.4) is 0 Å². The monoisotopic (exact) mass is 409 g/mol. The number of hydrogen-bond donors (Lipinski definition) is 1. The number of rotatable bonds is 4. The number of likely N-dealkylation sites (tertiary alicyclic amines) is 1. The quantitative estimate of drug-likeness (QED) is 0.769. The molecule has 4 atom stereocenters. The van der Waals surface area contributed by atoms with Crippen molar-refractivity contribution < 1.29 is 9.53 Å². The highest BCUT2D eigenvalue weighted by Gasteiger charge is 2.46. The lowest BCUT2D eigenvalue weighted by atomic mass is 9.68. The van der Waals surface area contributed by atoms with Crippen LogP contribution in [0.5, 0.6) is 5.75 Å². The van der Waals surface area contributed by atoms with Crippen molar-refractivity contribution in [2.24, 2.45) is 11.8 Å². The van der Waals surface area contributed by atoms with Gasteiger partial charge in [0.25, 0.3) is 0 Å². The van der Waals surface area contributed by atoms with E-state index in [-0.39, 0.29) is 6.03 Å². The van der Waals surface area contributed by atoms with Crippen LogP contribution in [-0.4, -0.2) is 61.2 Å². The first-order chi connectivity index (χ1) is 14.7. The molecule has 30 heavy (non-hydrogen) atoms. The van der Waals surface area contributed by atoms with Gasteiger partial charge in [-0.1, -0.05) is 30.2 Å². The topological polar surface area (TPSA) is 44.8 Å². The summed E-state index contributed by atoms with van der Waals surface area (Å²) < 4.78 is 5.22. The van der Waals surface area contributed by atoms with Gasteiger partial charge in [-0.3, -0.25) is 4.90 Å². The molecule has 3 saturated heterocycles. The SMILES string of the molecule is COc1ccc(CCNC(=O)N2CCCC3=C[C@H]4C[C@@H](CN5CCCCC45)C32)cc1. The van der Waals surface area contributed by atoms with Crippen LogP contribution in [0.2, 0.25) is 0 Å². The average molecular weight is 410 g/mol. The van der Waals surface area contributed by atoms with Crippen LogP contribution in [0, 0.1) is 11.8 Å². The Bertz CT molecular complexity index is 790. The molecule has 3 heterocycles. The third-order valence-electron chi connectivity index (χ3n) is 7.77. The van der Waals surface area contributed by atoms with Crippen molar-refractivity contribution in [2.75, 3.05) is 33.3 Å². The summed E-state index contributed by atoms with van der Waals surface area (Å²) in [5, 5.41) is 3.21. The van der Waals surface area contributed by atoms with Crippen LogP contribution in [0.4, 0.5) is 4.79 Å². The van der Waals surface area contributed by atoms with E-state index in [1.54, 1.807) is 12.7 Å². The Morgan fingerprint density at radius 2 is 2.03 bits per heavy atom. The van der Waals surface area contributed by atoms with Crippen LogP contribution >= 0.6 is 0 Å². The summed E-state index contributed by atoms with van der Waals surface area (Å²) in [6, 6.07) is 9.31. The molecule has 4 aliphatic rings. The zero-order valence-electron chi connectivity index (χ0n) is 18.2. The number of fused-ring (bicyclic) bond motifs is 6. The van der Waals surface area contributed by atoms with E-state index < -0.39 is 0 Å². The lowest BCUT2D eigenvalue weighted by molar-refractivity contribution is 0.00793. The molecule has 0 aromatic heterocycles. The van der Waals surface area contributed by atoms with Crippen molar-refractivity contribution >= 4 is 6.03 Å². The Balaban J connectivity index is 1.23. The normalized spacial score (nSPS) is 30.7. The van der Waals surface area contributed by atoms with Crippen LogP contribution in [0.15, 0.2) is 35.9 Å². The maximum absolute atomic E-state index is 13.1. The third kappa shape index (κ3) is 3.84. The summed E-state index contributed by atoms with van der Waals surface area (Å²) >= 11 is 0. The van der Waals surface area contributed by atoms with Gasteiger partial charge in [0.05, 0.1) is 13.2 Å². The first-order valence-electron chi connectivity index (χ1n) is 11.8. The maximum atomic E-state index is 13.1. The standard InChI is InChI=1S/C25H35N3O2/c1-30-22-9-7-18(8-10-22)11-12-26-25(29)28-14-4-5-19-15-20-16-21(24(19)28)17-27-13-3-2-6-23(20)27/h7-10,15,20-21,23-24H,2-6,11-14,16-17H2,1H3,(H,26,29)/t20-,21-,23?,24?/m0/s1. The lowest BCUT2D eigenvalue weighted by Gasteiger charge is -2.54. The molecular formula is C25H35N3O2. The van der Waals surface area contributed by atoms with Gasteiger partial charge in [0.1, 0.15) is 5.75 Å². The fourth-order valence-corrected chi connectivity index (χ4v) is 6.41. The Morgan fingerprint density at radius 1 is 1.17 bits per heavy atom. The van der Waals surface area contributed by atoms with Crippen LogP contribution in [-0.2, 0) is 6.42 Å². The van der Waals surface area contributed by atoms with Crippen molar-refractivity contribution in [1.82, 2.24) is 15.1 Å². The molecule has 1 N–H and O–H groups in total. The summed E-state index contributed by atoms with van der Waals surface area (Å²) in [4.78, 5) is 18.0. The van der Waals surface area contributed by atoms with E-state index in [0.717, 1.165) is 31.2 Å². The van der Waals surface area contributed by atoms with E-state index in [0.29, 0.717) is 24.4 Å². The first kappa shape index (κ1) is 19.9. The number of methoxy groups -OCH3 is 1. The van der Waals surface area contributed by atoms with Crippen molar-refractivity contribution in [3.8, 4) is 5.75 Å². The van der Waals surface area contributed by atoms with Crippen LogP contribution < -0.4 is 10.1 Å². The minimum atomic E-state index is 0.123. The van der Waals surface area contributed by atoms with Crippen LogP contribution in [0.25, 0.3) is 0 Å². The van der Waals surface area contributed by atoms with Crippen molar-refractivity contribution in [3.63, 3.8) is 0 Å². The smallest absolute Gasteiger partial charge is 0.317 e. The minimum Gasteiger partial charge on any atom is -0.497 e. The highest BCUT2D eigenvalue weighted by atomic mass is 16.5. The molecule has 0 spiro atoms. The Morgan fingerprint density at radius 3 is 2.87 bits per heavy atom. The molecule has 2 amide bonds. The molecule has 0 saturated carbocycles. The van der Waals surface area contributed by atoms with Gasteiger partial charge < -0.3 is 15.0 Å². The maximum Gasteiger partial charge on any atom is 0.317 e. The molecule has 3 fully saturated rings. The average Bonchev–Trinajstić information content (AvgIpc) is 2.79. The molecule has 1 aliphatic carbocycles. The number of ether oxygens (including phenoxy) is 1. The zero-order valence-corrected chi connectivity index (χ0v) is 18.2. The van der Waals surface area contributed by atoms with E-state index in [4.69, 9.17) is 4.74 Å². The molecule has 1 aromatic carbocycles. The van der Waals surface area contributed by atoms with Gasteiger partial charge in [-0.25, -0.2) is 4.79 Å². The zero-order chi connectivity index (χ0) is 20.5. The highest BCUT2D eigenvalue weighted by molar-refractivity contribution is 5.75. The summed E-state index contributed by atoms with van der Waals surface area (Å²) in [5.41, 5.74) is 2.78. The molecule has 2 bridgehead atoms. The largest absolute Gasteiger partial charge is 0.497 e. The number of piperidine rings is 3. The van der Waals surface area contributed by atoms with Gasteiger partial charge in [-0.2, -0.15) is 0 Å². The van der Waals surface area contributed by atoms with Gasteiger partial charge >= 0.3 is 6.03 Å². The molecule has 5 nitrogen and oxygen atoms in total. The fourth-order valence-electron chi connectivity index (χ4n) is 6.41. The van der Waals surface area contributed by atoms with Gasteiger partial charge in [-0.05, 0) is 74.6 Å². The van der Waals surface area contributed by atoms with E-state index in [2.05, 4.69) is 33.3 Å². The van der Waals surface area contributed by atoms with Gasteiger partial charge in [0, 0.05) is 25.7 Å². The summed E-state index contributed by atoms with van der Waals surface area (Å²) in [5.74, 6) is 2.19. The Hall–Kier alpha value is -2.01. The fraction of sp³-hybridized carbons (Fsp3) is 0.640. The highest BCUT2D eigenvalue weighted by Crippen LogP contribution is 2.44. The molecule has 0 radical (unpaired) electrons.